The predicted molar refractivity (Wildman–Crippen MR) is 82.7 cm³/mol. The quantitative estimate of drug-likeness (QED) is 0.909. The third-order valence-electron chi connectivity index (χ3n) is 3.81. The number of anilines is 2. The Morgan fingerprint density at radius 3 is 2.40 bits per heavy atom. The first kappa shape index (κ1) is 12.9. The SMILES string of the molecule is Cc1ccc(-c2cnc(N3CCCCC3)nc2N)cc1. The van der Waals surface area contributed by atoms with Crippen LogP contribution < -0.4 is 10.6 Å². The number of aromatic nitrogens is 2. The number of nitrogen functional groups attached to an aromatic ring is 1. The van der Waals surface area contributed by atoms with Gasteiger partial charge in [0, 0.05) is 24.8 Å². The zero-order valence-electron chi connectivity index (χ0n) is 11.8. The normalized spacial score (nSPS) is 15.3. The Hall–Kier alpha value is -2.10. The average Bonchev–Trinajstić information content (AvgIpc) is 2.49. The summed E-state index contributed by atoms with van der Waals surface area (Å²) in [6, 6.07) is 8.27. The van der Waals surface area contributed by atoms with Gasteiger partial charge in [0.25, 0.3) is 0 Å². The van der Waals surface area contributed by atoms with Crippen molar-refractivity contribution < 1.29 is 0 Å². The van der Waals surface area contributed by atoms with E-state index in [0.29, 0.717) is 5.82 Å². The van der Waals surface area contributed by atoms with Gasteiger partial charge in [0.1, 0.15) is 5.82 Å². The molecule has 0 bridgehead atoms. The minimum absolute atomic E-state index is 0.560. The number of rotatable bonds is 2. The third-order valence-corrected chi connectivity index (χ3v) is 3.81. The number of nitrogens with zero attached hydrogens (tertiary/aromatic N) is 3. The fourth-order valence-electron chi connectivity index (χ4n) is 2.59. The lowest BCUT2D eigenvalue weighted by Gasteiger charge is -2.26. The van der Waals surface area contributed by atoms with E-state index in [9.17, 15) is 0 Å². The fraction of sp³-hybridized carbons (Fsp3) is 0.375. The Kier molecular flexibility index (Phi) is 3.54. The first-order valence-corrected chi connectivity index (χ1v) is 7.18. The number of benzene rings is 1. The summed E-state index contributed by atoms with van der Waals surface area (Å²) in [5.41, 5.74) is 9.33. The van der Waals surface area contributed by atoms with Crippen LogP contribution in [-0.2, 0) is 0 Å². The highest BCUT2D eigenvalue weighted by Gasteiger charge is 2.15. The van der Waals surface area contributed by atoms with Gasteiger partial charge in [-0.15, -0.1) is 0 Å². The van der Waals surface area contributed by atoms with Gasteiger partial charge in [-0.05, 0) is 31.7 Å². The van der Waals surface area contributed by atoms with E-state index in [0.717, 1.165) is 30.2 Å². The van der Waals surface area contributed by atoms with Crippen LogP contribution in [0.5, 0.6) is 0 Å². The summed E-state index contributed by atoms with van der Waals surface area (Å²) in [4.78, 5) is 11.2. The van der Waals surface area contributed by atoms with Crippen LogP contribution in [0.25, 0.3) is 11.1 Å². The fourth-order valence-corrected chi connectivity index (χ4v) is 2.59. The van der Waals surface area contributed by atoms with Gasteiger partial charge in [0.05, 0.1) is 0 Å². The summed E-state index contributed by atoms with van der Waals surface area (Å²) < 4.78 is 0. The zero-order chi connectivity index (χ0) is 13.9. The summed E-state index contributed by atoms with van der Waals surface area (Å²) in [6.07, 6.45) is 5.57. The predicted octanol–water partition coefficient (Wildman–Crippen LogP) is 3.02. The van der Waals surface area contributed by atoms with Crippen molar-refractivity contribution in [1.29, 1.82) is 0 Å². The maximum absolute atomic E-state index is 6.12. The second-order valence-corrected chi connectivity index (χ2v) is 5.38. The van der Waals surface area contributed by atoms with E-state index >= 15 is 0 Å². The van der Waals surface area contributed by atoms with Crippen molar-refractivity contribution in [3.63, 3.8) is 0 Å². The molecule has 1 aromatic carbocycles. The molecule has 104 valence electrons. The first-order chi connectivity index (χ1) is 9.74. The van der Waals surface area contributed by atoms with Crippen LogP contribution in [-0.4, -0.2) is 23.1 Å². The third kappa shape index (κ3) is 2.59. The zero-order valence-corrected chi connectivity index (χ0v) is 11.8. The Morgan fingerprint density at radius 1 is 1.05 bits per heavy atom. The molecule has 4 heteroatoms. The summed E-state index contributed by atoms with van der Waals surface area (Å²) in [5.74, 6) is 1.32. The summed E-state index contributed by atoms with van der Waals surface area (Å²) in [6.45, 7) is 4.13. The van der Waals surface area contributed by atoms with Crippen LogP contribution in [0.2, 0.25) is 0 Å². The van der Waals surface area contributed by atoms with Gasteiger partial charge in [-0.2, -0.15) is 4.98 Å². The number of hydrogen-bond donors (Lipinski definition) is 1. The molecule has 2 aromatic rings. The standard InChI is InChI=1S/C16H20N4/c1-12-5-7-13(8-6-12)14-11-18-16(19-15(14)17)20-9-3-2-4-10-20/h5-8,11H,2-4,9-10H2,1H3,(H2,17,18,19). The Balaban J connectivity index is 1.88. The molecule has 20 heavy (non-hydrogen) atoms. The second kappa shape index (κ2) is 5.49. The molecular formula is C16H20N4. The molecule has 0 radical (unpaired) electrons. The van der Waals surface area contributed by atoms with E-state index in [1.165, 1.54) is 24.8 Å². The molecule has 0 saturated carbocycles. The molecule has 1 aliphatic heterocycles. The summed E-state index contributed by atoms with van der Waals surface area (Å²) >= 11 is 0. The number of aryl methyl sites for hydroxylation is 1. The van der Waals surface area contributed by atoms with Crippen molar-refractivity contribution in [1.82, 2.24) is 9.97 Å². The number of piperidine rings is 1. The van der Waals surface area contributed by atoms with E-state index in [1.807, 2.05) is 6.20 Å². The van der Waals surface area contributed by atoms with Gasteiger partial charge in [-0.3, -0.25) is 0 Å². The number of hydrogen-bond acceptors (Lipinski definition) is 4. The van der Waals surface area contributed by atoms with Gasteiger partial charge in [-0.25, -0.2) is 4.98 Å². The molecule has 0 aliphatic carbocycles. The molecule has 3 rings (SSSR count). The van der Waals surface area contributed by atoms with Crippen molar-refractivity contribution in [2.24, 2.45) is 0 Å². The van der Waals surface area contributed by atoms with Crippen molar-refractivity contribution >= 4 is 11.8 Å². The molecule has 4 nitrogen and oxygen atoms in total. The van der Waals surface area contributed by atoms with Crippen LogP contribution in [0.3, 0.4) is 0 Å². The average molecular weight is 268 g/mol. The molecule has 1 aromatic heterocycles. The Morgan fingerprint density at radius 2 is 1.75 bits per heavy atom. The minimum atomic E-state index is 0.560. The topological polar surface area (TPSA) is 55.0 Å². The molecule has 1 saturated heterocycles. The van der Waals surface area contributed by atoms with Gasteiger partial charge in [0.15, 0.2) is 0 Å². The summed E-state index contributed by atoms with van der Waals surface area (Å²) in [7, 11) is 0. The molecular weight excluding hydrogens is 248 g/mol. The molecule has 0 unspecified atom stereocenters. The highest BCUT2D eigenvalue weighted by atomic mass is 15.3. The second-order valence-electron chi connectivity index (χ2n) is 5.38. The largest absolute Gasteiger partial charge is 0.383 e. The van der Waals surface area contributed by atoms with E-state index in [2.05, 4.69) is 46.1 Å². The van der Waals surface area contributed by atoms with Gasteiger partial charge in [0.2, 0.25) is 5.95 Å². The molecule has 0 spiro atoms. The van der Waals surface area contributed by atoms with Crippen molar-refractivity contribution in [3.05, 3.63) is 36.0 Å². The Bertz CT molecular complexity index is 586. The van der Waals surface area contributed by atoms with Crippen LogP contribution in [0.1, 0.15) is 24.8 Å². The van der Waals surface area contributed by atoms with Gasteiger partial charge < -0.3 is 10.6 Å². The van der Waals surface area contributed by atoms with Crippen molar-refractivity contribution in [2.45, 2.75) is 26.2 Å². The lowest BCUT2D eigenvalue weighted by atomic mass is 10.1. The molecule has 1 fully saturated rings. The highest BCUT2D eigenvalue weighted by molar-refractivity contribution is 5.73. The van der Waals surface area contributed by atoms with Crippen LogP contribution in [0, 0.1) is 6.92 Å². The first-order valence-electron chi connectivity index (χ1n) is 7.18. The van der Waals surface area contributed by atoms with Gasteiger partial charge >= 0.3 is 0 Å². The maximum atomic E-state index is 6.12. The monoisotopic (exact) mass is 268 g/mol. The van der Waals surface area contributed by atoms with Crippen LogP contribution >= 0.6 is 0 Å². The molecule has 2 N–H and O–H groups in total. The van der Waals surface area contributed by atoms with E-state index in [1.54, 1.807) is 0 Å². The van der Waals surface area contributed by atoms with Crippen LogP contribution in [0.4, 0.5) is 11.8 Å². The Labute approximate surface area is 119 Å². The summed E-state index contributed by atoms with van der Waals surface area (Å²) in [5, 5.41) is 0. The van der Waals surface area contributed by atoms with E-state index in [4.69, 9.17) is 5.73 Å². The smallest absolute Gasteiger partial charge is 0.227 e. The molecule has 0 atom stereocenters. The molecule has 2 heterocycles. The lowest BCUT2D eigenvalue weighted by molar-refractivity contribution is 0.568. The lowest BCUT2D eigenvalue weighted by Crippen LogP contribution is -2.31. The maximum Gasteiger partial charge on any atom is 0.227 e. The van der Waals surface area contributed by atoms with Crippen molar-refractivity contribution in [3.8, 4) is 11.1 Å². The van der Waals surface area contributed by atoms with E-state index < -0.39 is 0 Å². The minimum Gasteiger partial charge on any atom is -0.383 e. The van der Waals surface area contributed by atoms with Crippen LogP contribution in [0.15, 0.2) is 30.5 Å². The van der Waals surface area contributed by atoms with Gasteiger partial charge in [-0.1, -0.05) is 29.8 Å². The highest BCUT2D eigenvalue weighted by Crippen LogP contribution is 2.26. The number of nitrogens with two attached hydrogens (primary N) is 1. The van der Waals surface area contributed by atoms with Crippen molar-refractivity contribution in [2.75, 3.05) is 23.7 Å². The molecule has 0 amide bonds. The van der Waals surface area contributed by atoms with E-state index in [-0.39, 0.29) is 0 Å². The molecule has 1 aliphatic rings.